The zero-order valence-corrected chi connectivity index (χ0v) is 13.4. The normalized spacial score (nSPS) is 11.4. The molecule has 0 spiro atoms. The van der Waals surface area contributed by atoms with Crippen LogP contribution in [0.2, 0.25) is 0 Å². The van der Waals surface area contributed by atoms with Crippen LogP contribution in [0.25, 0.3) is 0 Å². The second kappa shape index (κ2) is 7.90. The number of carboxylic acid groups (broad SMARTS) is 1. The Hall–Kier alpha value is -1.93. The molecule has 0 fully saturated rings. The molecule has 0 saturated heterocycles. The summed E-state index contributed by atoms with van der Waals surface area (Å²) in [4.78, 5) is 22.6. The van der Waals surface area contributed by atoms with E-state index >= 15 is 0 Å². The van der Waals surface area contributed by atoms with E-state index in [0.29, 0.717) is 31.6 Å². The number of hydrogen-bond acceptors (Lipinski definition) is 4. The fraction of sp³-hybridized carbons (Fsp3) is 0.429. The van der Waals surface area contributed by atoms with E-state index in [1.165, 1.54) is 28.6 Å². The summed E-state index contributed by atoms with van der Waals surface area (Å²) < 4.78 is 24.1. The Morgan fingerprint density at radius 1 is 1.18 bits per heavy atom. The summed E-state index contributed by atoms with van der Waals surface area (Å²) in [6.45, 7) is 2.83. The number of hydrogen-bond donors (Lipinski definition) is 2. The summed E-state index contributed by atoms with van der Waals surface area (Å²) in [6.07, 6.45) is 1.65. The van der Waals surface area contributed by atoms with Gasteiger partial charge >= 0.3 is 5.97 Å². The molecule has 1 aromatic rings. The molecule has 0 aliphatic heterocycles. The average Bonchev–Trinajstić information content (AvgIpc) is 2.45. The summed E-state index contributed by atoms with van der Waals surface area (Å²) in [5.41, 5.74) is 0.476. The zero-order chi connectivity index (χ0) is 16.8. The maximum atomic E-state index is 11.8. The van der Waals surface area contributed by atoms with Crippen LogP contribution < -0.4 is 5.32 Å². The Bertz CT molecular complexity index is 625. The number of rotatable bonds is 8. The molecule has 7 nitrogen and oxygen atoms in total. The van der Waals surface area contributed by atoms with Gasteiger partial charge in [0.25, 0.3) is 5.91 Å². The Morgan fingerprint density at radius 2 is 1.73 bits per heavy atom. The van der Waals surface area contributed by atoms with Crippen LogP contribution in [0.4, 0.5) is 0 Å². The van der Waals surface area contributed by atoms with Gasteiger partial charge in [-0.1, -0.05) is 6.92 Å². The number of carbonyl (C=O) groups is 2. The highest BCUT2D eigenvalue weighted by atomic mass is 32.2. The second-order valence-corrected chi connectivity index (χ2v) is 6.73. The van der Waals surface area contributed by atoms with Crippen LogP contribution in [0.15, 0.2) is 24.3 Å². The molecule has 1 amide bonds. The topological polar surface area (TPSA) is 104 Å². The van der Waals surface area contributed by atoms with Crippen molar-refractivity contribution < 1.29 is 23.1 Å². The first-order valence-electron chi connectivity index (χ1n) is 6.82. The lowest BCUT2D eigenvalue weighted by Gasteiger charge is -2.17. The third-order valence-electron chi connectivity index (χ3n) is 3.09. The second-order valence-electron chi connectivity index (χ2n) is 4.75. The van der Waals surface area contributed by atoms with E-state index in [0.717, 1.165) is 6.26 Å². The molecule has 0 saturated carbocycles. The van der Waals surface area contributed by atoms with Gasteiger partial charge in [-0.25, -0.2) is 17.5 Å². The van der Waals surface area contributed by atoms with Crippen molar-refractivity contribution in [2.75, 3.05) is 25.9 Å². The van der Waals surface area contributed by atoms with Gasteiger partial charge in [0.05, 0.1) is 11.8 Å². The Labute approximate surface area is 130 Å². The van der Waals surface area contributed by atoms with E-state index in [-0.39, 0.29) is 11.5 Å². The summed E-state index contributed by atoms with van der Waals surface area (Å²) in [5.74, 6) is -1.37. The smallest absolute Gasteiger partial charge is 0.335 e. The van der Waals surface area contributed by atoms with Crippen LogP contribution in [-0.2, 0) is 10.0 Å². The van der Waals surface area contributed by atoms with Crippen molar-refractivity contribution in [2.45, 2.75) is 13.3 Å². The molecule has 1 aromatic carbocycles. The number of nitrogens with one attached hydrogen (secondary N) is 1. The molecule has 22 heavy (non-hydrogen) atoms. The van der Waals surface area contributed by atoms with Gasteiger partial charge in [0.1, 0.15) is 0 Å². The number of aromatic carboxylic acids is 1. The summed E-state index contributed by atoms with van der Waals surface area (Å²) >= 11 is 0. The third kappa shape index (κ3) is 5.45. The highest BCUT2D eigenvalue weighted by molar-refractivity contribution is 7.88. The monoisotopic (exact) mass is 328 g/mol. The number of benzene rings is 1. The van der Waals surface area contributed by atoms with Gasteiger partial charge in [0, 0.05) is 25.2 Å². The van der Waals surface area contributed by atoms with Crippen LogP contribution in [0.5, 0.6) is 0 Å². The maximum Gasteiger partial charge on any atom is 0.335 e. The van der Waals surface area contributed by atoms with E-state index in [4.69, 9.17) is 5.11 Å². The van der Waals surface area contributed by atoms with Gasteiger partial charge < -0.3 is 10.4 Å². The van der Waals surface area contributed by atoms with Gasteiger partial charge in [-0.05, 0) is 30.7 Å². The standard InChI is InChI=1S/C14H20N2O5S/c1-3-16(22(2,20)21)10-4-9-15-13(17)11-5-7-12(8-6-11)14(18)19/h5-8H,3-4,9-10H2,1-2H3,(H,15,17)(H,18,19). The fourth-order valence-electron chi connectivity index (χ4n) is 1.88. The van der Waals surface area contributed by atoms with Crippen molar-refractivity contribution in [3.05, 3.63) is 35.4 Å². The molecule has 0 heterocycles. The molecular formula is C14H20N2O5S. The van der Waals surface area contributed by atoms with Crippen molar-refractivity contribution in [3.8, 4) is 0 Å². The number of carboxylic acids is 1. The molecule has 0 atom stereocenters. The van der Waals surface area contributed by atoms with E-state index in [2.05, 4.69) is 5.32 Å². The average molecular weight is 328 g/mol. The number of amides is 1. The van der Waals surface area contributed by atoms with Crippen molar-refractivity contribution in [2.24, 2.45) is 0 Å². The largest absolute Gasteiger partial charge is 0.478 e. The minimum Gasteiger partial charge on any atom is -0.478 e. The zero-order valence-electron chi connectivity index (χ0n) is 12.6. The summed E-state index contributed by atoms with van der Waals surface area (Å²) in [5, 5.41) is 11.4. The van der Waals surface area contributed by atoms with Crippen LogP contribution in [0.3, 0.4) is 0 Å². The van der Waals surface area contributed by atoms with Crippen molar-refractivity contribution in [1.82, 2.24) is 9.62 Å². The number of carbonyl (C=O) groups excluding carboxylic acids is 1. The molecule has 1 rings (SSSR count). The molecule has 122 valence electrons. The van der Waals surface area contributed by atoms with Gasteiger partial charge in [-0.15, -0.1) is 0 Å². The summed E-state index contributed by atoms with van der Waals surface area (Å²) in [6, 6.07) is 5.60. The lowest BCUT2D eigenvalue weighted by molar-refractivity contribution is 0.0696. The minimum atomic E-state index is -3.22. The van der Waals surface area contributed by atoms with Crippen LogP contribution in [-0.4, -0.2) is 55.6 Å². The molecular weight excluding hydrogens is 308 g/mol. The third-order valence-corrected chi connectivity index (χ3v) is 4.46. The molecule has 0 radical (unpaired) electrons. The summed E-state index contributed by atoms with van der Waals surface area (Å²) in [7, 11) is -3.22. The quantitative estimate of drug-likeness (QED) is 0.687. The first-order chi connectivity index (χ1) is 10.3. The molecule has 8 heteroatoms. The Morgan fingerprint density at radius 3 is 2.18 bits per heavy atom. The number of nitrogens with zero attached hydrogens (tertiary/aromatic N) is 1. The predicted octanol–water partition coefficient (Wildman–Crippen LogP) is 0.786. The van der Waals surface area contributed by atoms with Crippen LogP contribution in [0, 0.1) is 0 Å². The highest BCUT2D eigenvalue weighted by Gasteiger charge is 2.13. The van der Waals surface area contributed by atoms with Crippen molar-refractivity contribution >= 4 is 21.9 Å². The Balaban J connectivity index is 2.45. The molecule has 0 bridgehead atoms. The molecule has 2 N–H and O–H groups in total. The minimum absolute atomic E-state index is 0.114. The molecule has 0 aliphatic rings. The van der Waals surface area contributed by atoms with Crippen molar-refractivity contribution in [1.29, 1.82) is 0 Å². The van der Waals surface area contributed by atoms with E-state index in [9.17, 15) is 18.0 Å². The fourth-order valence-corrected chi connectivity index (χ4v) is 2.81. The molecule has 0 aromatic heterocycles. The first kappa shape index (κ1) is 18.1. The van der Waals surface area contributed by atoms with E-state index < -0.39 is 16.0 Å². The number of sulfonamides is 1. The highest BCUT2D eigenvalue weighted by Crippen LogP contribution is 2.04. The van der Waals surface area contributed by atoms with Gasteiger partial charge in [0.15, 0.2) is 0 Å². The van der Waals surface area contributed by atoms with Crippen LogP contribution >= 0.6 is 0 Å². The lowest BCUT2D eigenvalue weighted by Crippen LogP contribution is -2.33. The van der Waals surface area contributed by atoms with Gasteiger partial charge in [0.2, 0.25) is 10.0 Å². The van der Waals surface area contributed by atoms with E-state index in [1.807, 2.05) is 0 Å². The van der Waals surface area contributed by atoms with Crippen molar-refractivity contribution in [3.63, 3.8) is 0 Å². The lowest BCUT2D eigenvalue weighted by atomic mass is 10.1. The molecule has 0 unspecified atom stereocenters. The maximum absolute atomic E-state index is 11.8. The SMILES string of the molecule is CCN(CCCNC(=O)c1ccc(C(=O)O)cc1)S(C)(=O)=O. The van der Waals surface area contributed by atoms with E-state index in [1.54, 1.807) is 6.92 Å². The molecule has 0 aliphatic carbocycles. The first-order valence-corrected chi connectivity index (χ1v) is 8.67. The van der Waals surface area contributed by atoms with Gasteiger partial charge in [-0.2, -0.15) is 0 Å². The van der Waals surface area contributed by atoms with Crippen LogP contribution in [0.1, 0.15) is 34.1 Å². The predicted molar refractivity (Wildman–Crippen MR) is 82.4 cm³/mol. The van der Waals surface area contributed by atoms with Gasteiger partial charge in [-0.3, -0.25) is 4.79 Å². The Kier molecular flexibility index (Phi) is 6.51.